The highest BCUT2D eigenvalue weighted by Crippen LogP contribution is 2.29. The largest absolute Gasteiger partial charge is 0.427 e. The van der Waals surface area contributed by atoms with Crippen LogP contribution in [0.1, 0.15) is 30.1 Å². The fraction of sp³-hybridized carbons (Fsp3) is 0.353. The summed E-state index contributed by atoms with van der Waals surface area (Å²) in [6.45, 7) is 1.97. The molecule has 1 saturated carbocycles. The summed E-state index contributed by atoms with van der Waals surface area (Å²) in [5.74, 6) is 0.00270. The number of ether oxygens (including phenoxy) is 1. The van der Waals surface area contributed by atoms with E-state index in [9.17, 15) is 14.4 Å². The van der Waals surface area contributed by atoms with Crippen LogP contribution < -0.4 is 15.4 Å². The molecular weight excluding hydrogens is 296 g/mol. The summed E-state index contributed by atoms with van der Waals surface area (Å²) >= 11 is 0. The van der Waals surface area contributed by atoms with Gasteiger partial charge in [-0.05, 0) is 43.0 Å². The van der Waals surface area contributed by atoms with E-state index < -0.39 is 5.97 Å². The lowest BCUT2D eigenvalue weighted by atomic mass is 10.2. The molecule has 0 bridgehead atoms. The van der Waals surface area contributed by atoms with Crippen LogP contribution in [0.15, 0.2) is 36.4 Å². The fourth-order valence-electron chi connectivity index (χ4n) is 1.90. The van der Waals surface area contributed by atoms with Crippen LogP contribution in [0, 0.1) is 5.92 Å². The molecule has 2 amide bonds. The minimum atomic E-state index is -0.440. The van der Waals surface area contributed by atoms with Crippen molar-refractivity contribution in [1.29, 1.82) is 0 Å². The fourth-order valence-corrected chi connectivity index (χ4v) is 1.90. The molecule has 23 heavy (non-hydrogen) atoms. The van der Waals surface area contributed by atoms with Crippen LogP contribution in [0.25, 0.3) is 0 Å². The standard InChI is InChI=1S/C17H20N2O4/c1-12(20)23-15-4-2-3-14(11-15)17(22)19-10-9-18-16(21)8-7-13-5-6-13/h2-4,7-8,11,13H,5-6,9-10H2,1H3,(H,18,21)(H,19,22)/b8-7+. The second-order valence-corrected chi connectivity index (χ2v) is 5.36. The van der Waals surface area contributed by atoms with E-state index in [-0.39, 0.29) is 11.8 Å². The van der Waals surface area contributed by atoms with Gasteiger partial charge in [-0.3, -0.25) is 14.4 Å². The molecule has 6 nitrogen and oxygen atoms in total. The van der Waals surface area contributed by atoms with Gasteiger partial charge in [0.15, 0.2) is 0 Å². The molecule has 1 fully saturated rings. The second-order valence-electron chi connectivity index (χ2n) is 5.36. The normalized spacial score (nSPS) is 13.6. The van der Waals surface area contributed by atoms with Gasteiger partial charge in [-0.15, -0.1) is 0 Å². The highest BCUT2D eigenvalue weighted by molar-refractivity contribution is 5.94. The number of rotatable bonds is 7. The van der Waals surface area contributed by atoms with Crippen molar-refractivity contribution in [2.24, 2.45) is 5.92 Å². The van der Waals surface area contributed by atoms with Crippen molar-refractivity contribution in [2.75, 3.05) is 13.1 Å². The van der Waals surface area contributed by atoms with Crippen molar-refractivity contribution in [1.82, 2.24) is 10.6 Å². The monoisotopic (exact) mass is 316 g/mol. The van der Waals surface area contributed by atoms with Crippen LogP contribution in [0.4, 0.5) is 0 Å². The molecule has 0 saturated heterocycles. The Morgan fingerprint density at radius 2 is 1.96 bits per heavy atom. The third kappa shape index (κ3) is 6.34. The first-order valence-corrected chi connectivity index (χ1v) is 7.57. The van der Waals surface area contributed by atoms with Gasteiger partial charge in [-0.1, -0.05) is 12.1 Å². The minimum absolute atomic E-state index is 0.150. The Kier molecular flexibility index (Phi) is 5.91. The molecule has 0 radical (unpaired) electrons. The van der Waals surface area contributed by atoms with Gasteiger partial charge in [0.25, 0.3) is 5.91 Å². The Morgan fingerprint density at radius 1 is 1.22 bits per heavy atom. The van der Waals surface area contributed by atoms with Gasteiger partial charge < -0.3 is 15.4 Å². The van der Waals surface area contributed by atoms with Crippen LogP contribution in [0.2, 0.25) is 0 Å². The Balaban J connectivity index is 1.71. The molecule has 0 aromatic heterocycles. The van der Waals surface area contributed by atoms with E-state index in [0.717, 1.165) is 12.8 Å². The number of allylic oxidation sites excluding steroid dienone is 1. The predicted octanol–water partition coefficient (Wildman–Crippen LogP) is 1.42. The highest BCUT2D eigenvalue weighted by Gasteiger charge is 2.17. The minimum Gasteiger partial charge on any atom is -0.427 e. The maximum atomic E-state index is 12.0. The molecule has 0 unspecified atom stereocenters. The molecule has 1 aromatic rings. The zero-order valence-corrected chi connectivity index (χ0v) is 13.0. The third-order valence-electron chi connectivity index (χ3n) is 3.21. The summed E-state index contributed by atoms with van der Waals surface area (Å²) in [5.41, 5.74) is 0.392. The molecule has 1 aliphatic rings. The average molecular weight is 316 g/mol. The van der Waals surface area contributed by atoms with E-state index in [4.69, 9.17) is 4.74 Å². The average Bonchev–Trinajstić information content (AvgIpc) is 3.33. The summed E-state index contributed by atoms with van der Waals surface area (Å²) in [7, 11) is 0. The molecule has 1 aromatic carbocycles. The maximum Gasteiger partial charge on any atom is 0.308 e. The van der Waals surface area contributed by atoms with Gasteiger partial charge >= 0.3 is 5.97 Å². The number of carbonyl (C=O) groups is 3. The summed E-state index contributed by atoms with van der Waals surface area (Å²) in [4.78, 5) is 34.4. The molecule has 0 atom stereocenters. The zero-order valence-electron chi connectivity index (χ0n) is 13.0. The van der Waals surface area contributed by atoms with E-state index in [2.05, 4.69) is 10.6 Å². The first-order chi connectivity index (χ1) is 11.0. The van der Waals surface area contributed by atoms with Crippen LogP contribution >= 0.6 is 0 Å². The van der Waals surface area contributed by atoms with Crippen LogP contribution in [0.5, 0.6) is 5.75 Å². The molecule has 2 rings (SSSR count). The molecule has 0 aliphatic heterocycles. The first kappa shape index (κ1) is 16.7. The number of hydrogen-bond acceptors (Lipinski definition) is 4. The lowest BCUT2D eigenvalue weighted by Crippen LogP contribution is -2.34. The molecule has 0 spiro atoms. The van der Waals surface area contributed by atoms with E-state index in [1.165, 1.54) is 13.0 Å². The lowest BCUT2D eigenvalue weighted by Gasteiger charge is -2.07. The summed E-state index contributed by atoms with van der Waals surface area (Å²) in [6.07, 6.45) is 5.77. The third-order valence-corrected chi connectivity index (χ3v) is 3.21. The smallest absolute Gasteiger partial charge is 0.308 e. The van der Waals surface area contributed by atoms with E-state index >= 15 is 0 Å². The van der Waals surface area contributed by atoms with Crippen molar-refractivity contribution in [3.8, 4) is 5.75 Å². The molecule has 1 aliphatic carbocycles. The number of benzene rings is 1. The highest BCUT2D eigenvalue weighted by atomic mass is 16.5. The zero-order chi connectivity index (χ0) is 16.7. The quantitative estimate of drug-likeness (QED) is 0.345. The van der Waals surface area contributed by atoms with E-state index in [0.29, 0.717) is 30.3 Å². The van der Waals surface area contributed by atoms with Crippen LogP contribution in [-0.4, -0.2) is 30.9 Å². The molecule has 122 valence electrons. The van der Waals surface area contributed by atoms with Crippen molar-refractivity contribution in [3.63, 3.8) is 0 Å². The van der Waals surface area contributed by atoms with Gasteiger partial charge in [0.05, 0.1) is 0 Å². The van der Waals surface area contributed by atoms with E-state index in [1.807, 2.05) is 6.08 Å². The summed E-state index contributed by atoms with van der Waals surface area (Å²) < 4.78 is 4.93. The summed E-state index contributed by atoms with van der Waals surface area (Å²) in [6, 6.07) is 6.36. The molecule has 6 heteroatoms. The number of esters is 1. The number of amides is 2. The maximum absolute atomic E-state index is 12.0. The van der Waals surface area contributed by atoms with Gasteiger partial charge in [0, 0.05) is 25.6 Å². The number of hydrogen-bond donors (Lipinski definition) is 2. The van der Waals surface area contributed by atoms with Gasteiger partial charge in [0.1, 0.15) is 5.75 Å². The van der Waals surface area contributed by atoms with Crippen LogP contribution in [-0.2, 0) is 9.59 Å². The second kappa shape index (κ2) is 8.12. The first-order valence-electron chi connectivity index (χ1n) is 7.57. The van der Waals surface area contributed by atoms with Gasteiger partial charge in [0.2, 0.25) is 5.91 Å². The molecular formula is C17H20N2O4. The Hall–Kier alpha value is -2.63. The Bertz CT molecular complexity index is 621. The van der Waals surface area contributed by atoms with Crippen molar-refractivity contribution in [2.45, 2.75) is 19.8 Å². The van der Waals surface area contributed by atoms with Crippen molar-refractivity contribution >= 4 is 17.8 Å². The van der Waals surface area contributed by atoms with Crippen LogP contribution in [0.3, 0.4) is 0 Å². The Labute approximate surface area is 134 Å². The topological polar surface area (TPSA) is 84.5 Å². The molecule has 2 N–H and O–H groups in total. The van der Waals surface area contributed by atoms with Crippen molar-refractivity contribution < 1.29 is 19.1 Å². The lowest BCUT2D eigenvalue weighted by molar-refractivity contribution is -0.131. The van der Waals surface area contributed by atoms with Gasteiger partial charge in [-0.25, -0.2) is 0 Å². The Morgan fingerprint density at radius 3 is 2.65 bits per heavy atom. The molecule has 0 heterocycles. The summed E-state index contributed by atoms with van der Waals surface area (Å²) in [5, 5.41) is 5.39. The number of nitrogens with one attached hydrogen (secondary N) is 2. The number of carbonyl (C=O) groups excluding carboxylic acids is 3. The SMILES string of the molecule is CC(=O)Oc1cccc(C(=O)NCCNC(=O)/C=C/C2CC2)c1. The predicted molar refractivity (Wildman–Crippen MR) is 85.0 cm³/mol. The van der Waals surface area contributed by atoms with Crippen molar-refractivity contribution in [3.05, 3.63) is 42.0 Å². The van der Waals surface area contributed by atoms with E-state index in [1.54, 1.807) is 24.3 Å². The van der Waals surface area contributed by atoms with Gasteiger partial charge in [-0.2, -0.15) is 0 Å².